The van der Waals surface area contributed by atoms with E-state index in [9.17, 15) is 9.90 Å². The Morgan fingerprint density at radius 1 is 1.25 bits per heavy atom. The normalized spacial score (nSPS) is 12.5. The number of aliphatic hydroxyl groups is 1. The van der Waals surface area contributed by atoms with Crippen LogP contribution < -0.4 is 16.4 Å². The van der Waals surface area contributed by atoms with Gasteiger partial charge in [0, 0.05) is 30.7 Å². The maximum atomic E-state index is 12.2. The first-order chi connectivity index (χ1) is 15.3. The van der Waals surface area contributed by atoms with Gasteiger partial charge in [0.2, 0.25) is 0 Å². The van der Waals surface area contributed by atoms with E-state index >= 15 is 0 Å². The molecule has 0 saturated carbocycles. The number of rotatable bonds is 9. The molecule has 0 unspecified atom stereocenters. The van der Waals surface area contributed by atoms with Crippen molar-refractivity contribution in [2.24, 2.45) is 11.7 Å². The summed E-state index contributed by atoms with van der Waals surface area (Å²) in [5.41, 5.74) is 7.76. The van der Waals surface area contributed by atoms with E-state index in [-0.39, 0.29) is 30.4 Å². The molecular formula is C22H30ClN7O2. The average Bonchev–Trinajstić information content (AvgIpc) is 3.17. The van der Waals surface area contributed by atoms with E-state index in [1.165, 1.54) is 0 Å². The molecule has 0 fully saturated rings. The van der Waals surface area contributed by atoms with Gasteiger partial charge in [-0.15, -0.1) is 0 Å². The van der Waals surface area contributed by atoms with Crippen molar-refractivity contribution >= 4 is 40.2 Å². The fourth-order valence-electron chi connectivity index (χ4n) is 3.35. The number of amides is 1. The van der Waals surface area contributed by atoms with Gasteiger partial charge in [-0.25, -0.2) is 15.0 Å². The Morgan fingerprint density at radius 3 is 2.59 bits per heavy atom. The lowest BCUT2D eigenvalue weighted by molar-refractivity contribution is 0.0955. The van der Waals surface area contributed by atoms with Crippen molar-refractivity contribution in [3.8, 4) is 0 Å². The number of hydrogen-bond acceptors (Lipinski definition) is 7. The zero-order valence-electron chi connectivity index (χ0n) is 18.8. The summed E-state index contributed by atoms with van der Waals surface area (Å²) in [6.45, 7) is 8.81. The molecule has 1 atom stereocenters. The van der Waals surface area contributed by atoms with Crippen molar-refractivity contribution in [1.82, 2.24) is 24.8 Å². The molecule has 0 spiro atoms. The van der Waals surface area contributed by atoms with E-state index in [0.29, 0.717) is 52.2 Å². The number of nitrogens with zero attached hydrogens (tertiary/aromatic N) is 4. The summed E-state index contributed by atoms with van der Waals surface area (Å²) in [4.78, 5) is 26.2. The van der Waals surface area contributed by atoms with Crippen molar-refractivity contribution in [2.45, 2.75) is 39.7 Å². The first kappa shape index (κ1) is 23.9. The molecule has 3 aromatic rings. The summed E-state index contributed by atoms with van der Waals surface area (Å²) >= 11 is 6.36. The number of aromatic nitrogens is 4. The zero-order valence-corrected chi connectivity index (χ0v) is 19.5. The van der Waals surface area contributed by atoms with Gasteiger partial charge in [0.1, 0.15) is 5.82 Å². The highest BCUT2D eigenvalue weighted by atomic mass is 35.5. The molecular weight excluding hydrogens is 430 g/mol. The van der Waals surface area contributed by atoms with Gasteiger partial charge in [0.05, 0.1) is 23.5 Å². The molecule has 0 aliphatic carbocycles. The van der Waals surface area contributed by atoms with Crippen LogP contribution >= 0.6 is 11.6 Å². The number of hydrogen-bond donors (Lipinski definition) is 4. The van der Waals surface area contributed by atoms with Crippen molar-refractivity contribution in [3.63, 3.8) is 0 Å². The Kier molecular flexibility index (Phi) is 7.65. The fraction of sp³-hybridized carbons (Fsp3) is 0.455. The van der Waals surface area contributed by atoms with Gasteiger partial charge in [0.25, 0.3) is 5.91 Å². The Hall–Kier alpha value is -2.75. The predicted molar refractivity (Wildman–Crippen MR) is 126 cm³/mol. The number of nitrogens with two attached hydrogens (primary N) is 1. The molecule has 3 rings (SSSR count). The Bertz CT molecular complexity index is 1100. The van der Waals surface area contributed by atoms with Crippen LogP contribution in [-0.2, 0) is 0 Å². The van der Waals surface area contributed by atoms with Crippen molar-refractivity contribution < 1.29 is 9.90 Å². The third-order valence-corrected chi connectivity index (χ3v) is 5.55. The maximum absolute atomic E-state index is 12.2. The highest BCUT2D eigenvalue weighted by Crippen LogP contribution is 2.30. The minimum atomic E-state index is -0.280. The van der Waals surface area contributed by atoms with E-state index in [1.54, 1.807) is 24.5 Å². The lowest BCUT2D eigenvalue weighted by atomic mass is 9.96. The van der Waals surface area contributed by atoms with E-state index in [0.717, 1.165) is 0 Å². The SMILES string of the molecule is CC(C)[C@H](CO)c1nc(Nc2ccc(C(=O)NCCN)c(Cl)c2)c2ncn(C(C)C)c2n1. The third-order valence-electron chi connectivity index (χ3n) is 5.23. The van der Waals surface area contributed by atoms with Crippen LogP contribution in [0.15, 0.2) is 24.5 Å². The highest BCUT2D eigenvalue weighted by molar-refractivity contribution is 6.34. The molecule has 0 aliphatic rings. The van der Waals surface area contributed by atoms with Crippen LogP contribution in [0.4, 0.5) is 11.5 Å². The molecule has 172 valence electrons. The number of halogens is 1. The summed E-state index contributed by atoms with van der Waals surface area (Å²) in [7, 11) is 0. The molecule has 2 heterocycles. The molecule has 2 aromatic heterocycles. The molecule has 9 nitrogen and oxygen atoms in total. The second kappa shape index (κ2) is 10.2. The van der Waals surface area contributed by atoms with Crippen LogP contribution in [0, 0.1) is 5.92 Å². The minimum Gasteiger partial charge on any atom is -0.396 e. The van der Waals surface area contributed by atoms with Gasteiger partial charge in [-0.3, -0.25) is 4.79 Å². The van der Waals surface area contributed by atoms with Crippen molar-refractivity contribution in [2.75, 3.05) is 25.0 Å². The molecule has 1 aromatic carbocycles. The second-order valence-corrected chi connectivity index (χ2v) is 8.65. The number of imidazole rings is 1. The van der Waals surface area contributed by atoms with Crippen LogP contribution in [0.1, 0.15) is 55.8 Å². The van der Waals surface area contributed by atoms with Gasteiger partial charge in [0.15, 0.2) is 17.0 Å². The lowest BCUT2D eigenvalue weighted by Gasteiger charge is -2.19. The second-order valence-electron chi connectivity index (χ2n) is 8.25. The molecule has 10 heteroatoms. The van der Waals surface area contributed by atoms with Gasteiger partial charge in [-0.1, -0.05) is 25.4 Å². The number of carbonyl (C=O) groups is 1. The van der Waals surface area contributed by atoms with Gasteiger partial charge < -0.3 is 26.0 Å². The molecule has 32 heavy (non-hydrogen) atoms. The third kappa shape index (κ3) is 5.01. The van der Waals surface area contributed by atoms with Crippen LogP contribution in [0.25, 0.3) is 11.2 Å². The van der Waals surface area contributed by atoms with Crippen molar-refractivity contribution in [3.05, 3.63) is 40.9 Å². The first-order valence-electron chi connectivity index (χ1n) is 10.7. The lowest BCUT2D eigenvalue weighted by Crippen LogP contribution is -2.29. The standard InChI is InChI=1S/C22H30ClN7O2/c1-12(2)16(10-31)19-28-20(18-21(29-19)30(11-26-18)13(3)4)27-14-5-6-15(17(23)9-14)22(32)25-8-7-24/h5-6,9,11-13,16,31H,7-8,10,24H2,1-4H3,(H,25,32)(H,27,28,29)/t16-/m0/s1. The van der Waals surface area contributed by atoms with Crippen LogP contribution in [-0.4, -0.2) is 50.2 Å². The summed E-state index contributed by atoms with van der Waals surface area (Å²) < 4.78 is 1.97. The summed E-state index contributed by atoms with van der Waals surface area (Å²) in [5.74, 6) is 0.718. The summed E-state index contributed by atoms with van der Waals surface area (Å²) in [6, 6.07) is 5.22. The topological polar surface area (TPSA) is 131 Å². The highest BCUT2D eigenvalue weighted by Gasteiger charge is 2.23. The molecule has 1 amide bonds. The van der Waals surface area contributed by atoms with Gasteiger partial charge in [-0.2, -0.15) is 0 Å². The van der Waals surface area contributed by atoms with E-state index < -0.39 is 0 Å². The number of carbonyl (C=O) groups excluding carboxylic acids is 1. The summed E-state index contributed by atoms with van der Waals surface area (Å²) in [5, 5.41) is 16.2. The number of aliphatic hydroxyl groups excluding tert-OH is 1. The zero-order chi connectivity index (χ0) is 23.4. The number of anilines is 2. The van der Waals surface area contributed by atoms with E-state index in [1.807, 2.05) is 18.4 Å². The average molecular weight is 460 g/mol. The fourth-order valence-corrected chi connectivity index (χ4v) is 3.62. The van der Waals surface area contributed by atoms with E-state index in [2.05, 4.69) is 29.5 Å². The largest absolute Gasteiger partial charge is 0.396 e. The molecule has 0 saturated heterocycles. The van der Waals surface area contributed by atoms with Crippen LogP contribution in [0.5, 0.6) is 0 Å². The van der Waals surface area contributed by atoms with E-state index in [4.69, 9.17) is 27.3 Å². The van der Waals surface area contributed by atoms with Crippen LogP contribution in [0.3, 0.4) is 0 Å². The Balaban J connectivity index is 2.02. The van der Waals surface area contributed by atoms with Gasteiger partial charge in [-0.05, 0) is 38.0 Å². The Morgan fingerprint density at radius 2 is 2.00 bits per heavy atom. The van der Waals surface area contributed by atoms with Crippen molar-refractivity contribution in [1.29, 1.82) is 0 Å². The molecule has 0 aliphatic heterocycles. The molecule has 0 radical (unpaired) electrons. The number of fused-ring (bicyclic) bond motifs is 1. The first-order valence-corrected chi connectivity index (χ1v) is 11.0. The minimum absolute atomic E-state index is 0.0587. The van der Waals surface area contributed by atoms with Gasteiger partial charge >= 0.3 is 0 Å². The van der Waals surface area contributed by atoms with Crippen LogP contribution in [0.2, 0.25) is 5.02 Å². The number of nitrogens with one attached hydrogen (secondary N) is 2. The molecule has 5 N–H and O–H groups in total. The summed E-state index contributed by atoms with van der Waals surface area (Å²) in [6.07, 6.45) is 1.74. The molecule has 0 bridgehead atoms. The smallest absolute Gasteiger partial charge is 0.252 e. The number of benzene rings is 1. The Labute approximate surface area is 192 Å². The predicted octanol–water partition coefficient (Wildman–Crippen LogP) is 3.22. The maximum Gasteiger partial charge on any atom is 0.252 e. The monoisotopic (exact) mass is 459 g/mol. The quantitative estimate of drug-likeness (QED) is 0.386.